The fourth-order valence-corrected chi connectivity index (χ4v) is 5.35. The molecule has 1 atom stereocenters. The van der Waals surface area contributed by atoms with Crippen LogP contribution in [0.3, 0.4) is 0 Å². The van der Waals surface area contributed by atoms with Crippen molar-refractivity contribution in [3.05, 3.63) is 41.3 Å². The number of nitrogens with two attached hydrogens (primary N) is 1. The van der Waals surface area contributed by atoms with Crippen LogP contribution >= 0.6 is 0 Å². The van der Waals surface area contributed by atoms with Crippen molar-refractivity contribution in [2.75, 3.05) is 33.3 Å². The van der Waals surface area contributed by atoms with Crippen molar-refractivity contribution in [3.8, 4) is 5.75 Å². The highest BCUT2D eigenvalue weighted by Crippen LogP contribution is 2.30. The summed E-state index contributed by atoms with van der Waals surface area (Å²) in [5, 5.41) is 6.28. The second-order valence-electron chi connectivity index (χ2n) is 6.95. The molecule has 0 bridgehead atoms. The number of sulfonamides is 1. The summed E-state index contributed by atoms with van der Waals surface area (Å²) in [6.07, 6.45) is -1.39. The third-order valence-electron chi connectivity index (χ3n) is 4.92. The van der Waals surface area contributed by atoms with Crippen LogP contribution in [0.5, 0.6) is 5.75 Å². The van der Waals surface area contributed by atoms with Crippen molar-refractivity contribution in [3.63, 3.8) is 0 Å². The third-order valence-corrected chi connectivity index (χ3v) is 7.02. The first-order valence-corrected chi connectivity index (χ1v) is 11.0. The maximum Gasteiger partial charge on any atom is 0.259 e. The van der Waals surface area contributed by atoms with Crippen LogP contribution in [0.25, 0.3) is 0 Å². The van der Waals surface area contributed by atoms with Gasteiger partial charge in [0.15, 0.2) is 11.9 Å². The number of carbonyl (C=O) groups excluding carboxylic acids is 2. The molecular formula is C19H25N5O6S. The van der Waals surface area contributed by atoms with Gasteiger partial charge < -0.3 is 25.2 Å². The zero-order valence-corrected chi connectivity index (χ0v) is 18.3. The van der Waals surface area contributed by atoms with Crippen LogP contribution in [0, 0.1) is 13.8 Å². The number of amides is 2. The van der Waals surface area contributed by atoms with Crippen LogP contribution in [-0.4, -0.2) is 74.0 Å². The second-order valence-corrected chi connectivity index (χ2v) is 8.78. The van der Waals surface area contributed by atoms with Gasteiger partial charge in [-0.25, -0.2) is 8.42 Å². The van der Waals surface area contributed by atoms with E-state index < -0.39 is 28.0 Å². The Balaban J connectivity index is 2.01. The number of benzene rings is 1. The van der Waals surface area contributed by atoms with E-state index in [2.05, 4.69) is 10.5 Å². The third kappa shape index (κ3) is 4.27. The lowest BCUT2D eigenvalue weighted by molar-refractivity contribution is -0.127. The van der Waals surface area contributed by atoms with E-state index in [-0.39, 0.29) is 48.1 Å². The van der Waals surface area contributed by atoms with E-state index in [1.54, 1.807) is 18.2 Å². The van der Waals surface area contributed by atoms with Crippen LogP contribution in [-0.2, 0) is 14.8 Å². The molecule has 0 aliphatic carbocycles. The lowest BCUT2D eigenvalue weighted by atomic mass is 10.2. The van der Waals surface area contributed by atoms with Gasteiger partial charge in [0, 0.05) is 31.7 Å². The number of nitrogens with zero attached hydrogens (tertiary/aromatic N) is 3. The average molecular weight is 452 g/mol. The molecule has 2 aromatic rings. The molecule has 2 heterocycles. The summed E-state index contributed by atoms with van der Waals surface area (Å²) in [7, 11) is -2.70. The van der Waals surface area contributed by atoms with Crippen molar-refractivity contribution < 1.29 is 27.3 Å². The number of ether oxygens (including phenoxy) is 1. The molecule has 1 aromatic carbocycles. The molecule has 1 aromatic heterocycles. The highest BCUT2D eigenvalue weighted by Gasteiger charge is 2.48. The summed E-state index contributed by atoms with van der Waals surface area (Å²) in [5.74, 6) is -0.566. The minimum Gasteiger partial charge on any atom is -0.497 e. The number of hydrogen-bond donors (Lipinski definition) is 2. The zero-order valence-electron chi connectivity index (χ0n) is 17.5. The van der Waals surface area contributed by atoms with Crippen molar-refractivity contribution in [2.24, 2.45) is 5.73 Å². The van der Waals surface area contributed by atoms with Gasteiger partial charge in [-0.3, -0.25) is 9.59 Å². The normalized spacial score (nSPS) is 17.0. The maximum atomic E-state index is 13.4. The fourth-order valence-electron chi connectivity index (χ4n) is 3.51. The Kier molecular flexibility index (Phi) is 6.62. The molecule has 1 saturated heterocycles. The van der Waals surface area contributed by atoms with E-state index in [4.69, 9.17) is 15.0 Å². The molecule has 31 heavy (non-hydrogen) atoms. The van der Waals surface area contributed by atoms with E-state index in [0.29, 0.717) is 5.75 Å². The van der Waals surface area contributed by atoms with E-state index in [1.165, 1.54) is 31.9 Å². The summed E-state index contributed by atoms with van der Waals surface area (Å²) >= 11 is 0. The number of rotatable bonds is 7. The molecule has 1 fully saturated rings. The Morgan fingerprint density at radius 3 is 2.68 bits per heavy atom. The lowest BCUT2D eigenvalue weighted by Crippen LogP contribution is -2.54. The molecule has 2 amide bonds. The fraction of sp³-hybridized carbons (Fsp3) is 0.421. The summed E-state index contributed by atoms with van der Waals surface area (Å²) in [6, 6.07) is 6.43. The Labute approximate surface area is 180 Å². The van der Waals surface area contributed by atoms with E-state index in [0.717, 1.165) is 4.31 Å². The molecule has 0 radical (unpaired) electrons. The number of nitrogens with one attached hydrogen (secondary N) is 1. The van der Waals surface area contributed by atoms with Crippen molar-refractivity contribution in [1.29, 1.82) is 0 Å². The first-order valence-electron chi connectivity index (χ1n) is 9.60. The number of hydrogen-bond acceptors (Lipinski definition) is 8. The molecule has 3 N–H and O–H groups in total. The Morgan fingerprint density at radius 1 is 1.32 bits per heavy atom. The molecule has 3 rings (SSSR count). The molecule has 0 spiro atoms. The molecule has 1 aliphatic rings. The van der Waals surface area contributed by atoms with Crippen molar-refractivity contribution in [2.45, 2.75) is 24.9 Å². The largest absolute Gasteiger partial charge is 0.497 e. The van der Waals surface area contributed by atoms with Crippen LogP contribution in [0.1, 0.15) is 21.8 Å². The molecule has 12 heteroatoms. The maximum absolute atomic E-state index is 13.4. The van der Waals surface area contributed by atoms with Crippen LogP contribution in [0.15, 0.2) is 33.7 Å². The summed E-state index contributed by atoms with van der Waals surface area (Å²) in [4.78, 5) is 27.3. The van der Waals surface area contributed by atoms with Gasteiger partial charge in [-0.05, 0) is 32.0 Å². The molecule has 168 valence electrons. The van der Waals surface area contributed by atoms with Gasteiger partial charge in [-0.2, -0.15) is 4.31 Å². The summed E-state index contributed by atoms with van der Waals surface area (Å²) < 4.78 is 37.9. The SMILES string of the molecule is COc1cccc(C(=O)N2CCN(S(=O)(=O)c3c(C)noc3C)C2C(=O)NCCN)c1. The highest BCUT2D eigenvalue weighted by molar-refractivity contribution is 7.89. The van der Waals surface area contributed by atoms with E-state index >= 15 is 0 Å². The Bertz CT molecular complexity index is 1060. The molecule has 11 nitrogen and oxygen atoms in total. The van der Waals surface area contributed by atoms with Crippen molar-refractivity contribution in [1.82, 2.24) is 19.7 Å². The van der Waals surface area contributed by atoms with Gasteiger partial charge in [0.2, 0.25) is 0 Å². The van der Waals surface area contributed by atoms with Gasteiger partial charge in [0.05, 0.1) is 7.11 Å². The molecule has 0 saturated carbocycles. The minimum absolute atomic E-state index is 0.0271. The van der Waals surface area contributed by atoms with Gasteiger partial charge in [-0.1, -0.05) is 11.2 Å². The van der Waals surface area contributed by atoms with Crippen LogP contribution in [0.4, 0.5) is 0 Å². The highest BCUT2D eigenvalue weighted by atomic mass is 32.2. The Hall–Kier alpha value is -2.96. The van der Waals surface area contributed by atoms with Gasteiger partial charge in [0.1, 0.15) is 16.3 Å². The standard InChI is InChI=1S/C19H25N5O6S/c1-12-16(13(2)30-22-12)31(27,28)24-10-9-23(18(24)17(25)21-8-7-20)19(26)14-5-4-6-15(11-14)29-3/h4-6,11,18H,7-10,20H2,1-3H3,(H,21,25). The van der Waals surface area contributed by atoms with Crippen molar-refractivity contribution >= 4 is 21.8 Å². The predicted octanol–water partition coefficient (Wildman–Crippen LogP) is -0.152. The van der Waals surface area contributed by atoms with E-state index in [1.807, 2.05) is 0 Å². The topological polar surface area (TPSA) is 148 Å². The summed E-state index contributed by atoms with van der Waals surface area (Å²) in [5.41, 5.74) is 5.92. The van der Waals surface area contributed by atoms with Gasteiger partial charge in [-0.15, -0.1) is 0 Å². The smallest absolute Gasteiger partial charge is 0.259 e. The quantitative estimate of drug-likeness (QED) is 0.590. The molecule has 1 unspecified atom stereocenters. The van der Waals surface area contributed by atoms with Gasteiger partial charge >= 0.3 is 0 Å². The van der Waals surface area contributed by atoms with Crippen LogP contribution in [0.2, 0.25) is 0 Å². The molecular weight excluding hydrogens is 426 g/mol. The first-order chi connectivity index (χ1) is 14.7. The van der Waals surface area contributed by atoms with E-state index in [9.17, 15) is 18.0 Å². The summed E-state index contributed by atoms with van der Waals surface area (Å²) in [6.45, 7) is 3.24. The average Bonchev–Trinajstić information content (AvgIpc) is 3.35. The van der Waals surface area contributed by atoms with Gasteiger partial charge in [0.25, 0.3) is 21.8 Å². The zero-order chi connectivity index (χ0) is 22.8. The molecule has 1 aliphatic heterocycles. The number of aromatic nitrogens is 1. The number of methoxy groups -OCH3 is 1. The Morgan fingerprint density at radius 2 is 2.06 bits per heavy atom. The number of carbonyl (C=O) groups is 2. The predicted molar refractivity (Wildman–Crippen MR) is 110 cm³/mol. The first kappa shape index (κ1) is 22.7. The number of aryl methyl sites for hydroxylation is 2. The lowest BCUT2D eigenvalue weighted by Gasteiger charge is -2.28. The minimum atomic E-state index is -4.17. The monoisotopic (exact) mass is 451 g/mol. The van der Waals surface area contributed by atoms with Crippen LogP contribution < -0.4 is 15.8 Å². The second kappa shape index (κ2) is 9.04.